The molecule has 2 aromatic rings. The molecule has 23 heavy (non-hydrogen) atoms. The van der Waals surface area contributed by atoms with Crippen molar-refractivity contribution in [3.63, 3.8) is 0 Å². The summed E-state index contributed by atoms with van der Waals surface area (Å²) in [7, 11) is 1.50. The molecule has 5 heteroatoms. The lowest BCUT2D eigenvalue weighted by Gasteiger charge is -2.29. The van der Waals surface area contributed by atoms with E-state index >= 15 is 0 Å². The molecule has 122 valence electrons. The zero-order chi connectivity index (χ0) is 16.9. The van der Waals surface area contributed by atoms with Crippen LogP contribution in [-0.4, -0.2) is 19.6 Å². The highest BCUT2D eigenvalue weighted by Crippen LogP contribution is 2.26. The molecule has 1 atom stereocenters. The molecule has 0 fully saturated rings. The molecular weight excluding hydrogens is 317 g/mol. The van der Waals surface area contributed by atoms with E-state index in [1.807, 2.05) is 0 Å². The van der Waals surface area contributed by atoms with Gasteiger partial charge in [-0.2, -0.15) is 0 Å². The predicted octanol–water partition coefficient (Wildman–Crippen LogP) is 3.70. The van der Waals surface area contributed by atoms with Crippen molar-refractivity contribution >= 4 is 17.5 Å². The van der Waals surface area contributed by atoms with E-state index in [0.717, 1.165) is 5.56 Å². The van der Waals surface area contributed by atoms with E-state index in [-0.39, 0.29) is 24.7 Å². The van der Waals surface area contributed by atoms with Crippen LogP contribution in [0.3, 0.4) is 0 Å². The van der Waals surface area contributed by atoms with Gasteiger partial charge in [0.05, 0.1) is 13.0 Å². The number of hydrogen-bond donors (Lipinski definition) is 1. The smallest absolute Gasteiger partial charge is 0.224 e. The lowest BCUT2D eigenvalue weighted by molar-refractivity contribution is -0.122. The van der Waals surface area contributed by atoms with Gasteiger partial charge < -0.3 is 10.1 Å². The van der Waals surface area contributed by atoms with E-state index in [9.17, 15) is 9.18 Å². The van der Waals surface area contributed by atoms with E-state index in [4.69, 9.17) is 16.3 Å². The molecule has 3 nitrogen and oxygen atoms in total. The molecule has 0 radical (unpaired) electrons. The van der Waals surface area contributed by atoms with Crippen LogP contribution in [0, 0.1) is 5.82 Å². The first-order valence-corrected chi connectivity index (χ1v) is 7.64. The van der Waals surface area contributed by atoms with Gasteiger partial charge in [-0.3, -0.25) is 4.79 Å². The van der Waals surface area contributed by atoms with Crippen molar-refractivity contribution in [2.75, 3.05) is 13.7 Å². The molecule has 2 rings (SSSR count). The summed E-state index contributed by atoms with van der Waals surface area (Å²) in [5.74, 6) is -0.518. The van der Waals surface area contributed by atoms with Gasteiger partial charge >= 0.3 is 0 Å². The van der Waals surface area contributed by atoms with Gasteiger partial charge in [-0.05, 0) is 30.7 Å². The summed E-state index contributed by atoms with van der Waals surface area (Å²) < 4.78 is 19.4. The van der Waals surface area contributed by atoms with Crippen LogP contribution < -0.4 is 5.32 Å². The first-order valence-electron chi connectivity index (χ1n) is 7.26. The Balaban J connectivity index is 2.01. The van der Waals surface area contributed by atoms with Crippen LogP contribution >= 0.6 is 11.6 Å². The number of rotatable bonds is 6. The third kappa shape index (κ3) is 4.53. The third-order valence-corrected chi connectivity index (χ3v) is 4.05. The molecule has 1 unspecified atom stereocenters. The largest absolute Gasteiger partial charge is 0.372 e. The van der Waals surface area contributed by atoms with Gasteiger partial charge in [0.15, 0.2) is 0 Å². The number of methoxy groups -OCH3 is 1. The summed E-state index contributed by atoms with van der Waals surface area (Å²) in [5.41, 5.74) is 0.340. The molecule has 0 saturated heterocycles. The van der Waals surface area contributed by atoms with Gasteiger partial charge in [-0.25, -0.2) is 4.39 Å². The van der Waals surface area contributed by atoms with Crippen molar-refractivity contribution in [1.29, 1.82) is 0 Å². The maximum Gasteiger partial charge on any atom is 0.224 e. The average molecular weight is 336 g/mol. The SMILES string of the molecule is COC(C)(CNC(=O)Cc1ccc(Cl)cc1)c1ccccc1F. The maximum atomic E-state index is 14.0. The van der Waals surface area contributed by atoms with Crippen LogP contribution in [-0.2, 0) is 21.6 Å². The second-order valence-corrected chi connectivity index (χ2v) is 5.93. The Morgan fingerprint density at radius 2 is 1.87 bits per heavy atom. The van der Waals surface area contributed by atoms with Crippen molar-refractivity contribution < 1.29 is 13.9 Å². The van der Waals surface area contributed by atoms with Crippen molar-refractivity contribution in [3.05, 3.63) is 70.5 Å². The van der Waals surface area contributed by atoms with E-state index in [1.54, 1.807) is 49.4 Å². The fraction of sp³-hybridized carbons (Fsp3) is 0.278. The average Bonchev–Trinajstić information content (AvgIpc) is 2.55. The molecule has 0 heterocycles. The fourth-order valence-corrected chi connectivity index (χ4v) is 2.41. The Bertz CT molecular complexity index is 675. The zero-order valence-electron chi connectivity index (χ0n) is 13.1. The van der Waals surface area contributed by atoms with Gasteiger partial charge in [0, 0.05) is 17.7 Å². The minimum atomic E-state index is -0.930. The Labute approximate surface area is 140 Å². The molecule has 0 aromatic heterocycles. The molecule has 2 aromatic carbocycles. The van der Waals surface area contributed by atoms with Crippen LogP contribution in [0.15, 0.2) is 48.5 Å². The van der Waals surface area contributed by atoms with E-state index in [0.29, 0.717) is 10.6 Å². The molecule has 0 aliphatic heterocycles. The molecule has 0 spiro atoms. The fourth-order valence-electron chi connectivity index (χ4n) is 2.28. The zero-order valence-corrected chi connectivity index (χ0v) is 13.9. The van der Waals surface area contributed by atoms with Gasteiger partial charge in [-0.15, -0.1) is 0 Å². The number of amides is 1. The highest BCUT2D eigenvalue weighted by Gasteiger charge is 2.29. The minimum absolute atomic E-state index is 0.160. The number of halogens is 2. The monoisotopic (exact) mass is 335 g/mol. The van der Waals surface area contributed by atoms with Crippen LogP contribution in [0.2, 0.25) is 5.02 Å². The third-order valence-electron chi connectivity index (χ3n) is 3.79. The summed E-state index contributed by atoms with van der Waals surface area (Å²) in [6.45, 7) is 1.92. The summed E-state index contributed by atoms with van der Waals surface area (Å²) in [4.78, 5) is 12.1. The molecule has 0 aliphatic carbocycles. The number of hydrogen-bond acceptors (Lipinski definition) is 2. The molecule has 0 aliphatic rings. The summed E-state index contributed by atoms with van der Waals surface area (Å²) in [6.07, 6.45) is 0.230. The first-order chi connectivity index (χ1) is 10.9. The minimum Gasteiger partial charge on any atom is -0.372 e. The Kier molecular flexibility index (Phi) is 5.74. The number of carbonyl (C=O) groups excluding carboxylic acids is 1. The van der Waals surface area contributed by atoms with Gasteiger partial charge in [0.1, 0.15) is 11.4 Å². The first kappa shape index (κ1) is 17.4. The highest BCUT2D eigenvalue weighted by atomic mass is 35.5. The van der Waals surface area contributed by atoms with E-state index in [1.165, 1.54) is 13.2 Å². The summed E-state index contributed by atoms with van der Waals surface area (Å²) in [5, 5.41) is 3.43. The number of carbonyl (C=O) groups is 1. The predicted molar refractivity (Wildman–Crippen MR) is 88.9 cm³/mol. The van der Waals surface area contributed by atoms with Crippen molar-refractivity contribution in [2.24, 2.45) is 0 Å². The Hall–Kier alpha value is -1.91. The van der Waals surface area contributed by atoms with Gasteiger partial charge in [0.2, 0.25) is 5.91 Å². The van der Waals surface area contributed by atoms with Crippen molar-refractivity contribution in [1.82, 2.24) is 5.32 Å². The number of benzene rings is 2. The molecule has 0 saturated carbocycles. The molecule has 1 N–H and O–H groups in total. The van der Waals surface area contributed by atoms with Gasteiger partial charge in [-0.1, -0.05) is 41.9 Å². The van der Waals surface area contributed by atoms with E-state index < -0.39 is 5.60 Å². The normalized spacial score (nSPS) is 13.4. The highest BCUT2D eigenvalue weighted by molar-refractivity contribution is 6.30. The van der Waals surface area contributed by atoms with Crippen LogP contribution in [0.5, 0.6) is 0 Å². The molecular formula is C18H19ClFNO2. The lowest BCUT2D eigenvalue weighted by Crippen LogP contribution is -2.41. The number of nitrogens with one attached hydrogen (secondary N) is 1. The van der Waals surface area contributed by atoms with Crippen LogP contribution in [0.1, 0.15) is 18.1 Å². The molecule has 0 bridgehead atoms. The second kappa shape index (κ2) is 7.57. The Morgan fingerprint density at radius 3 is 2.48 bits per heavy atom. The quantitative estimate of drug-likeness (QED) is 0.874. The second-order valence-electron chi connectivity index (χ2n) is 5.49. The summed E-state index contributed by atoms with van der Waals surface area (Å²) >= 11 is 5.82. The van der Waals surface area contributed by atoms with Crippen molar-refractivity contribution in [3.8, 4) is 0 Å². The van der Waals surface area contributed by atoms with Gasteiger partial charge in [0.25, 0.3) is 0 Å². The van der Waals surface area contributed by atoms with Crippen molar-refractivity contribution in [2.45, 2.75) is 18.9 Å². The van der Waals surface area contributed by atoms with E-state index in [2.05, 4.69) is 5.32 Å². The standard InChI is InChI=1S/C18H19ClFNO2/c1-18(23-2,15-5-3-4-6-16(15)20)12-21-17(22)11-13-7-9-14(19)10-8-13/h3-10H,11-12H2,1-2H3,(H,21,22). The topological polar surface area (TPSA) is 38.3 Å². The van der Waals surface area contributed by atoms with Crippen LogP contribution in [0.4, 0.5) is 4.39 Å². The molecule has 1 amide bonds. The number of ether oxygens (including phenoxy) is 1. The Morgan fingerprint density at radius 1 is 1.22 bits per heavy atom. The maximum absolute atomic E-state index is 14.0. The lowest BCUT2D eigenvalue weighted by atomic mass is 9.95. The summed E-state index contributed by atoms with van der Waals surface area (Å²) in [6, 6.07) is 13.5. The van der Waals surface area contributed by atoms with Crippen LogP contribution in [0.25, 0.3) is 0 Å².